The lowest BCUT2D eigenvalue weighted by atomic mass is 9.93. The number of hydrogen-bond acceptors (Lipinski definition) is 2. The molecular weight excluding hydrogens is 208 g/mol. The maximum atomic E-state index is 10.8. The highest BCUT2D eigenvalue weighted by Gasteiger charge is 2.45. The molecule has 0 heterocycles. The van der Waals surface area contributed by atoms with E-state index in [-0.39, 0.29) is 11.8 Å². The summed E-state index contributed by atoms with van der Waals surface area (Å²) in [7, 11) is 0. The van der Waals surface area contributed by atoms with Gasteiger partial charge in [-0.2, -0.15) is 0 Å². The molecule has 0 aliphatic heterocycles. The third-order valence-corrected chi connectivity index (χ3v) is 3.75. The van der Waals surface area contributed by atoms with Gasteiger partial charge in [0.25, 0.3) is 0 Å². The summed E-state index contributed by atoms with van der Waals surface area (Å²) in [5, 5.41) is 8.87. The third-order valence-electron chi connectivity index (χ3n) is 3.03. The van der Waals surface area contributed by atoms with Gasteiger partial charge in [-0.25, -0.2) is 0 Å². The van der Waals surface area contributed by atoms with Crippen LogP contribution in [-0.2, 0) is 10.2 Å². The third kappa shape index (κ3) is 2.17. The Bertz CT molecular complexity index is 383. The largest absolute Gasteiger partial charge is 0.481 e. The second-order valence-electron chi connectivity index (χ2n) is 4.08. The lowest BCUT2D eigenvalue weighted by Gasteiger charge is -2.13. The first-order chi connectivity index (χ1) is 7.16. The van der Waals surface area contributed by atoms with Crippen LogP contribution in [0.15, 0.2) is 29.2 Å². The maximum Gasteiger partial charge on any atom is 0.304 e. The van der Waals surface area contributed by atoms with Crippen LogP contribution in [-0.4, -0.2) is 17.3 Å². The number of benzene rings is 1. The zero-order chi connectivity index (χ0) is 10.9. The van der Waals surface area contributed by atoms with E-state index in [0.29, 0.717) is 0 Å². The Hall–Kier alpha value is -0.960. The van der Waals surface area contributed by atoms with Crippen molar-refractivity contribution in [1.82, 2.24) is 0 Å². The van der Waals surface area contributed by atoms with Crippen LogP contribution in [0.2, 0.25) is 0 Å². The second kappa shape index (κ2) is 3.89. The average molecular weight is 222 g/mol. The molecule has 3 heteroatoms. The maximum absolute atomic E-state index is 10.8. The van der Waals surface area contributed by atoms with Gasteiger partial charge in [-0.05, 0) is 36.8 Å². The van der Waals surface area contributed by atoms with E-state index in [2.05, 4.69) is 18.2 Å². The molecule has 1 aromatic carbocycles. The van der Waals surface area contributed by atoms with E-state index in [9.17, 15) is 4.79 Å². The predicted molar refractivity (Wildman–Crippen MR) is 61.4 cm³/mol. The molecule has 1 N–H and O–H groups in total. The number of carboxylic acid groups (broad SMARTS) is 1. The Morgan fingerprint density at radius 3 is 2.80 bits per heavy atom. The topological polar surface area (TPSA) is 37.3 Å². The van der Waals surface area contributed by atoms with Gasteiger partial charge < -0.3 is 5.11 Å². The first-order valence-electron chi connectivity index (χ1n) is 5.03. The molecule has 80 valence electrons. The Balaban J connectivity index is 2.25. The minimum absolute atomic E-state index is 0.0580. The number of carboxylic acids is 1. The molecule has 0 unspecified atom stereocenters. The molecule has 2 nitrogen and oxygen atoms in total. The van der Waals surface area contributed by atoms with Gasteiger partial charge in [0.1, 0.15) is 0 Å². The highest BCUT2D eigenvalue weighted by molar-refractivity contribution is 7.98. The fourth-order valence-corrected chi connectivity index (χ4v) is 2.42. The van der Waals surface area contributed by atoms with Crippen molar-refractivity contribution in [1.29, 1.82) is 0 Å². The lowest BCUT2D eigenvalue weighted by molar-refractivity contribution is -0.137. The van der Waals surface area contributed by atoms with Crippen molar-refractivity contribution in [3.8, 4) is 0 Å². The average Bonchev–Trinajstić information content (AvgIpc) is 2.98. The highest BCUT2D eigenvalue weighted by atomic mass is 32.2. The predicted octanol–water partition coefficient (Wildman–Crippen LogP) is 2.91. The molecule has 0 spiro atoms. The van der Waals surface area contributed by atoms with Crippen LogP contribution in [0.25, 0.3) is 0 Å². The molecule has 0 amide bonds. The standard InChI is InChI=1S/C12H14O2S/c1-15-10-4-2-3-9(7-10)12(5-6-12)8-11(13)14/h2-4,7H,5-6,8H2,1H3,(H,13,14). The molecule has 0 atom stereocenters. The molecule has 1 aliphatic rings. The minimum atomic E-state index is -0.693. The molecule has 0 saturated heterocycles. The summed E-state index contributed by atoms with van der Waals surface area (Å²) < 4.78 is 0. The van der Waals surface area contributed by atoms with Gasteiger partial charge >= 0.3 is 5.97 Å². The molecule has 2 rings (SSSR count). The van der Waals surface area contributed by atoms with Gasteiger partial charge in [-0.3, -0.25) is 4.79 Å². The van der Waals surface area contributed by atoms with Gasteiger partial charge in [-0.1, -0.05) is 12.1 Å². The smallest absolute Gasteiger partial charge is 0.304 e. The Morgan fingerprint density at radius 2 is 2.27 bits per heavy atom. The molecule has 0 radical (unpaired) electrons. The van der Waals surface area contributed by atoms with Crippen molar-refractivity contribution in [2.75, 3.05) is 6.26 Å². The number of thioether (sulfide) groups is 1. The molecule has 1 saturated carbocycles. The summed E-state index contributed by atoms with van der Waals surface area (Å²) >= 11 is 1.70. The van der Waals surface area contributed by atoms with Crippen molar-refractivity contribution in [2.24, 2.45) is 0 Å². The van der Waals surface area contributed by atoms with Crippen molar-refractivity contribution in [3.05, 3.63) is 29.8 Å². The van der Waals surface area contributed by atoms with Crippen LogP contribution < -0.4 is 0 Å². The van der Waals surface area contributed by atoms with Crippen molar-refractivity contribution >= 4 is 17.7 Å². The summed E-state index contributed by atoms with van der Waals surface area (Å²) in [6.45, 7) is 0. The van der Waals surface area contributed by atoms with Gasteiger partial charge in [0.05, 0.1) is 6.42 Å². The van der Waals surface area contributed by atoms with E-state index in [1.165, 1.54) is 10.5 Å². The van der Waals surface area contributed by atoms with Crippen LogP contribution in [0.4, 0.5) is 0 Å². The van der Waals surface area contributed by atoms with Crippen LogP contribution >= 0.6 is 11.8 Å². The summed E-state index contributed by atoms with van der Waals surface area (Å²) in [5.41, 5.74) is 1.13. The van der Waals surface area contributed by atoms with Crippen molar-refractivity contribution < 1.29 is 9.90 Å². The van der Waals surface area contributed by atoms with Gasteiger partial charge in [0.15, 0.2) is 0 Å². The lowest BCUT2D eigenvalue weighted by Crippen LogP contribution is -2.12. The number of aliphatic carboxylic acids is 1. The number of rotatable bonds is 4. The van der Waals surface area contributed by atoms with Crippen LogP contribution in [0.1, 0.15) is 24.8 Å². The second-order valence-corrected chi connectivity index (χ2v) is 4.96. The Kier molecular flexibility index (Phi) is 2.74. The van der Waals surface area contributed by atoms with E-state index in [1.807, 2.05) is 12.3 Å². The summed E-state index contributed by atoms with van der Waals surface area (Å²) in [5.74, 6) is -0.693. The van der Waals surface area contributed by atoms with Crippen LogP contribution in [0.3, 0.4) is 0 Å². The van der Waals surface area contributed by atoms with Crippen molar-refractivity contribution in [2.45, 2.75) is 29.6 Å². The van der Waals surface area contributed by atoms with Gasteiger partial charge in [-0.15, -0.1) is 11.8 Å². The normalized spacial score (nSPS) is 17.4. The summed E-state index contributed by atoms with van der Waals surface area (Å²) in [4.78, 5) is 12.0. The minimum Gasteiger partial charge on any atom is -0.481 e. The first kappa shape index (κ1) is 10.6. The van der Waals surface area contributed by atoms with Gasteiger partial charge in [0.2, 0.25) is 0 Å². The van der Waals surface area contributed by atoms with E-state index in [4.69, 9.17) is 5.11 Å². The van der Waals surface area contributed by atoms with E-state index >= 15 is 0 Å². The van der Waals surface area contributed by atoms with Gasteiger partial charge in [0, 0.05) is 10.3 Å². The molecule has 15 heavy (non-hydrogen) atoms. The Morgan fingerprint density at radius 1 is 1.53 bits per heavy atom. The summed E-state index contributed by atoms with van der Waals surface area (Å²) in [6, 6.07) is 8.25. The quantitative estimate of drug-likeness (QED) is 0.796. The van der Waals surface area contributed by atoms with E-state index in [0.717, 1.165) is 12.8 Å². The van der Waals surface area contributed by atoms with Crippen molar-refractivity contribution in [3.63, 3.8) is 0 Å². The summed E-state index contributed by atoms with van der Waals surface area (Å²) in [6.07, 6.45) is 4.33. The van der Waals surface area contributed by atoms with E-state index in [1.54, 1.807) is 11.8 Å². The zero-order valence-electron chi connectivity index (χ0n) is 8.69. The number of carbonyl (C=O) groups is 1. The fourth-order valence-electron chi connectivity index (χ4n) is 1.96. The Labute approximate surface area is 93.7 Å². The van der Waals surface area contributed by atoms with Crippen LogP contribution in [0.5, 0.6) is 0 Å². The SMILES string of the molecule is CSc1cccc(C2(CC(=O)O)CC2)c1. The van der Waals surface area contributed by atoms with E-state index < -0.39 is 5.97 Å². The molecule has 1 aliphatic carbocycles. The molecule has 1 aromatic rings. The number of hydrogen-bond donors (Lipinski definition) is 1. The molecule has 1 fully saturated rings. The highest BCUT2D eigenvalue weighted by Crippen LogP contribution is 2.51. The first-order valence-corrected chi connectivity index (χ1v) is 6.25. The molecule has 0 bridgehead atoms. The molecular formula is C12H14O2S. The van der Waals surface area contributed by atoms with Crippen LogP contribution in [0, 0.1) is 0 Å². The zero-order valence-corrected chi connectivity index (χ0v) is 9.51. The molecule has 0 aromatic heterocycles. The monoisotopic (exact) mass is 222 g/mol. The fraction of sp³-hybridized carbons (Fsp3) is 0.417.